The fourth-order valence-corrected chi connectivity index (χ4v) is 3.05. The number of aromatic nitrogens is 5. The minimum atomic E-state index is -0.0797. The molecular formula is C20H20N6O2. The molecule has 28 heavy (non-hydrogen) atoms. The third-order valence-electron chi connectivity index (χ3n) is 4.57. The molecule has 0 saturated carbocycles. The van der Waals surface area contributed by atoms with Crippen molar-refractivity contribution in [3.05, 3.63) is 66.5 Å². The predicted octanol–water partition coefficient (Wildman–Crippen LogP) is 2.47. The van der Waals surface area contributed by atoms with Crippen molar-refractivity contribution in [2.45, 2.75) is 6.42 Å². The fourth-order valence-electron chi connectivity index (χ4n) is 3.05. The van der Waals surface area contributed by atoms with Crippen LogP contribution >= 0.6 is 0 Å². The Morgan fingerprint density at radius 3 is 2.89 bits per heavy atom. The summed E-state index contributed by atoms with van der Waals surface area (Å²) in [5.74, 6) is 1.52. The molecule has 4 aromatic rings. The average molecular weight is 376 g/mol. The molecule has 8 heteroatoms. The van der Waals surface area contributed by atoms with E-state index >= 15 is 0 Å². The van der Waals surface area contributed by atoms with E-state index in [1.54, 1.807) is 36.1 Å². The highest BCUT2D eigenvalue weighted by molar-refractivity contribution is 5.97. The van der Waals surface area contributed by atoms with Crippen LogP contribution in [0.3, 0.4) is 0 Å². The lowest BCUT2D eigenvalue weighted by molar-refractivity contribution is 0.0796. The van der Waals surface area contributed by atoms with Crippen LogP contribution in [-0.2, 0) is 6.42 Å². The zero-order chi connectivity index (χ0) is 19.5. The Hall–Kier alpha value is -3.68. The van der Waals surface area contributed by atoms with Gasteiger partial charge in [-0.2, -0.15) is 5.10 Å². The topological polar surface area (TPSA) is 88.9 Å². The molecule has 2 aromatic carbocycles. The first-order valence-electron chi connectivity index (χ1n) is 8.88. The van der Waals surface area contributed by atoms with Crippen LogP contribution in [0.4, 0.5) is 0 Å². The predicted molar refractivity (Wildman–Crippen MR) is 105 cm³/mol. The van der Waals surface area contributed by atoms with Crippen LogP contribution in [0.1, 0.15) is 16.2 Å². The lowest BCUT2D eigenvalue weighted by Crippen LogP contribution is -2.30. The number of benzene rings is 2. The number of hydrogen-bond acceptors (Lipinski definition) is 5. The third kappa shape index (κ3) is 3.44. The second kappa shape index (κ2) is 7.51. The van der Waals surface area contributed by atoms with Crippen molar-refractivity contribution in [1.29, 1.82) is 0 Å². The summed E-state index contributed by atoms with van der Waals surface area (Å²) in [6, 6.07) is 13.1. The molecule has 0 unspecified atom stereocenters. The Kier molecular flexibility index (Phi) is 4.76. The van der Waals surface area contributed by atoms with Gasteiger partial charge in [0.2, 0.25) is 0 Å². The van der Waals surface area contributed by atoms with E-state index in [4.69, 9.17) is 4.74 Å². The van der Waals surface area contributed by atoms with Crippen LogP contribution in [-0.4, -0.2) is 56.2 Å². The number of likely N-dealkylation sites (N-methyl/N-ethyl adjacent to an activating group) is 1. The van der Waals surface area contributed by atoms with E-state index in [1.807, 2.05) is 36.4 Å². The molecule has 4 rings (SSSR count). The van der Waals surface area contributed by atoms with Crippen LogP contribution in [0, 0.1) is 0 Å². The number of para-hydroxylation sites is 1. The maximum absolute atomic E-state index is 13.0. The molecule has 0 aliphatic heterocycles. The number of nitrogens with one attached hydrogen (secondary N) is 1. The number of rotatable bonds is 6. The summed E-state index contributed by atoms with van der Waals surface area (Å²) in [6.45, 7) is 0.529. The summed E-state index contributed by atoms with van der Waals surface area (Å²) < 4.78 is 6.83. The minimum absolute atomic E-state index is 0.0797. The van der Waals surface area contributed by atoms with Gasteiger partial charge in [-0.15, -0.1) is 0 Å². The molecule has 0 radical (unpaired) electrons. The van der Waals surface area contributed by atoms with Crippen molar-refractivity contribution in [3.8, 4) is 11.4 Å². The molecule has 0 spiro atoms. The van der Waals surface area contributed by atoms with E-state index in [2.05, 4.69) is 20.1 Å². The maximum Gasteiger partial charge on any atom is 0.255 e. The quantitative estimate of drug-likeness (QED) is 0.558. The van der Waals surface area contributed by atoms with Crippen LogP contribution < -0.4 is 4.74 Å². The van der Waals surface area contributed by atoms with E-state index in [9.17, 15) is 4.79 Å². The number of hydrogen-bond donors (Lipinski definition) is 1. The Bertz CT molecular complexity index is 1100. The van der Waals surface area contributed by atoms with Gasteiger partial charge in [-0.05, 0) is 24.3 Å². The SMILES string of the molecule is COc1ccc2nc(CCN(C)C(=O)c3ccccc3-n3cncn3)[nH]c2c1. The Morgan fingerprint density at radius 1 is 1.25 bits per heavy atom. The molecule has 0 aliphatic carbocycles. The minimum Gasteiger partial charge on any atom is -0.497 e. The van der Waals surface area contributed by atoms with Gasteiger partial charge in [0, 0.05) is 26.1 Å². The molecule has 142 valence electrons. The number of ether oxygens (including phenoxy) is 1. The van der Waals surface area contributed by atoms with E-state index in [0.717, 1.165) is 22.6 Å². The van der Waals surface area contributed by atoms with Gasteiger partial charge in [-0.1, -0.05) is 12.1 Å². The number of carbonyl (C=O) groups excluding carboxylic acids is 1. The van der Waals surface area contributed by atoms with E-state index in [1.165, 1.54) is 6.33 Å². The number of methoxy groups -OCH3 is 1. The number of H-pyrrole nitrogens is 1. The number of carbonyl (C=O) groups is 1. The summed E-state index contributed by atoms with van der Waals surface area (Å²) in [5.41, 5.74) is 3.07. The second-order valence-electron chi connectivity index (χ2n) is 6.40. The molecule has 0 aliphatic rings. The van der Waals surface area contributed by atoms with Crippen LogP contribution in [0.2, 0.25) is 0 Å². The van der Waals surface area contributed by atoms with Gasteiger partial charge in [0.1, 0.15) is 24.2 Å². The van der Waals surface area contributed by atoms with Crippen LogP contribution in [0.15, 0.2) is 55.1 Å². The molecule has 8 nitrogen and oxygen atoms in total. The number of amides is 1. The standard InChI is InChI=1S/C20H20N6O2/c1-25(10-9-19-23-16-8-7-14(28-2)11-17(16)24-19)20(27)15-5-3-4-6-18(15)26-13-21-12-22-26/h3-8,11-13H,9-10H2,1-2H3,(H,23,24). The summed E-state index contributed by atoms with van der Waals surface area (Å²) in [5, 5.41) is 4.13. The monoisotopic (exact) mass is 376 g/mol. The van der Waals surface area contributed by atoms with Crippen molar-refractivity contribution in [3.63, 3.8) is 0 Å². The highest BCUT2D eigenvalue weighted by Gasteiger charge is 2.17. The summed E-state index contributed by atoms with van der Waals surface area (Å²) >= 11 is 0. The molecule has 0 atom stereocenters. The van der Waals surface area contributed by atoms with Gasteiger partial charge < -0.3 is 14.6 Å². The first-order chi connectivity index (χ1) is 13.7. The summed E-state index contributed by atoms with van der Waals surface area (Å²) in [7, 11) is 3.42. The first kappa shape index (κ1) is 17.7. The number of nitrogens with zero attached hydrogens (tertiary/aromatic N) is 5. The maximum atomic E-state index is 13.0. The number of imidazole rings is 1. The highest BCUT2D eigenvalue weighted by Crippen LogP contribution is 2.19. The largest absolute Gasteiger partial charge is 0.497 e. The smallest absolute Gasteiger partial charge is 0.255 e. The first-order valence-corrected chi connectivity index (χ1v) is 8.88. The van der Waals surface area contributed by atoms with Crippen molar-refractivity contribution in [1.82, 2.24) is 29.6 Å². The second-order valence-corrected chi connectivity index (χ2v) is 6.40. The highest BCUT2D eigenvalue weighted by atomic mass is 16.5. The van der Waals surface area contributed by atoms with Crippen LogP contribution in [0.5, 0.6) is 5.75 Å². The van der Waals surface area contributed by atoms with Crippen molar-refractivity contribution in [2.24, 2.45) is 0 Å². The van der Waals surface area contributed by atoms with Gasteiger partial charge in [-0.3, -0.25) is 4.79 Å². The average Bonchev–Trinajstić information content (AvgIpc) is 3.40. The molecule has 0 saturated heterocycles. The van der Waals surface area contributed by atoms with Gasteiger partial charge in [0.25, 0.3) is 5.91 Å². The van der Waals surface area contributed by atoms with Gasteiger partial charge >= 0.3 is 0 Å². The van der Waals surface area contributed by atoms with Crippen molar-refractivity contribution < 1.29 is 9.53 Å². The molecule has 0 fully saturated rings. The fraction of sp³-hybridized carbons (Fsp3) is 0.200. The van der Waals surface area contributed by atoms with Gasteiger partial charge in [-0.25, -0.2) is 14.6 Å². The summed E-state index contributed by atoms with van der Waals surface area (Å²) in [6.07, 6.45) is 3.64. The normalized spacial score (nSPS) is 10.9. The van der Waals surface area contributed by atoms with Crippen molar-refractivity contribution >= 4 is 16.9 Å². The van der Waals surface area contributed by atoms with E-state index in [-0.39, 0.29) is 5.91 Å². The molecule has 1 amide bonds. The van der Waals surface area contributed by atoms with Gasteiger partial charge in [0.05, 0.1) is 29.4 Å². The molecule has 2 heterocycles. The lowest BCUT2D eigenvalue weighted by atomic mass is 10.1. The number of fused-ring (bicyclic) bond motifs is 1. The Morgan fingerprint density at radius 2 is 2.11 bits per heavy atom. The third-order valence-corrected chi connectivity index (χ3v) is 4.57. The summed E-state index contributed by atoms with van der Waals surface area (Å²) in [4.78, 5) is 26.5. The molecule has 2 aromatic heterocycles. The van der Waals surface area contributed by atoms with E-state index in [0.29, 0.717) is 24.2 Å². The lowest BCUT2D eigenvalue weighted by Gasteiger charge is -2.18. The molecule has 1 N–H and O–H groups in total. The number of aromatic amines is 1. The Labute approximate surface area is 161 Å². The van der Waals surface area contributed by atoms with Crippen molar-refractivity contribution in [2.75, 3.05) is 20.7 Å². The van der Waals surface area contributed by atoms with Crippen LogP contribution in [0.25, 0.3) is 16.7 Å². The molecule has 0 bridgehead atoms. The van der Waals surface area contributed by atoms with E-state index < -0.39 is 0 Å². The Balaban J connectivity index is 1.49. The zero-order valence-electron chi connectivity index (χ0n) is 15.7. The molecular weight excluding hydrogens is 356 g/mol. The van der Waals surface area contributed by atoms with Gasteiger partial charge in [0.15, 0.2) is 0 Å². The zero-order valence-corrected chi connectivity index (χ0v) is 15.7.